The second kappa shape index (κ2) is 5.87. The van der Waals surface area contributed by atoms with Gasteiger partial charge in [-0.2, -0.15) is 0 Å². The number of aliphatic hydroxyl groups excluding tert-OH is 2. The molecule has 0 bridgehead atoms. The molecule has 0 heterocycles. The van der Waals surface area contributed by atoms with Crippen molar-refractivity contribution in [3.63, 3.8) is 0 Å². The van der Waals surface area contributed by atoms with E-state index < -0.39 is 0 Å². The molecule has 0 rings (SSSR count). The van der Waals surface area contributed by atoms with Gasteiger partial charge in [0.05, 0.1) is 13.2 Å². The van der Waals surface area contributed by atoms with Crippen molar-refractivity contribution in [3.05, 3.63) is 0 Å². The molecule has 0 aliphatic carbocycles. The van der Waals surface area contributed by atoms with Gasteiger partial charge in [-0.15, -0.1) is 0 Å². The van der Waals surface area contributed by atoms with E-state index in [2.05, 4.69) is 0 Å². The predicted molar refractivity (Wildman–Crippen MR) is 45.2 cm³/mol. The summed E-state index contributed by atoms with van der Waals surface area (Å²) in [6, 6.07) is 0. The largest absolute Gasteiger partial charge is 0.395 e. The maximum Gasteiger partial charge on any atom is 0.283 e. The van der Waals surface area contributed by atoms with E-state index in [0.29, 0.717) is 13.1 Å². The van der Waals surface area contributed by atoms with Crippen molar-refractivity contribution >= 4 is 26.5 Å². The molecule has 0 aromatic heterocycles. The molecule has 0 spiro atoms. The van der Waals surface area contributed by atoms with Gasteiger partial charge in [0.1, 0.15) is 0 Å². The van der Waals surface area contributed by atoms with Crippen LogP contribution in [0.3, 0.4) is 0 Å². The third-order valence-electron chi connectivity index (χ3n) is 0.988. The normalized spacial score (nSPS) is 9.50. The summed E-state index contributed by atoms with van der Waals surface area (Å²) in [7, 11) is 0. The topological polar surface area (TPSA) is 60.8 Å². The van der Waals surface area contributed by atoms with Crippen LogP contribution >= 0.6 is 22.6 Å². The van der Waals surface area contributed by atoms with Crippen LogP contribution in [-0.4, -0.2) is 45.3 Å². The van der Waals surface area contributed by atoms with Crippen molar-refractivity contribution in [1.29, 1.82) is 0 Å². The van der Waals surface area contributed by atoms with Gasteiger partial charge in [-0.25, -0.2) is 0 Å². The van der Waals surface area contributed by atoms with Gasteiger partial charge in [0.25, 0.3) is 3.91 Å². The van der Waals surface area contributed by atoms with Gasteiger partial charge in [0.15, 0.2) is 0 Å². The summed E-state index contributed by atoms with van der Waals surface area (Å²) in [6.45, 7) is 0.466. The van der Waals surface area contributed by atoms with Gasteiger partial charge in [-0.05, 0) is 0 Å². The Morgan fingerprint density at radius 2 is 1.70 bits per heavy atom. The number of carbonyl (C=O) groups excluding carboxylic acids is 1. The molecule has 0 atom stereocenters. The van der Waals surface area contributed by atoms with E-state index >= 15 is 0 Å². The van der Waals surface area contributed by atoms with Crippen LogP contribution in [0.25, 0.3) is 0 Å². The third-order valence-corrected chi connectivity index (χ3v) is 1.67. The standard InChI is InChI=1S/C5H10INO3/c6-5(10)7(1-3-8)2-4-9/h8-9H,1-4H2. The lowest BCUT2D eigenvalue weighted by Crippen LogP contribution is -2.31. The molecule has 0 saturated carbocycles. The van der Waals surface area contributed by atoms with E-state index in [1.807, 2.05) is 0 Å². The van der Waals surface area contributed by atoms with Gasteiger partial charge < -0.3 is 15.1 Å². The lowest BCUT2D eigenvalue weighted by Gasteiger charge is -2.16. The Balaban J connectivity index is 3.61. The zero-order valence-electron chi connectivity index (χ0n) is 5.46. The number of rotatable bonds is 4. The van der Waals surface area contributed by atoms with E-state index in [-0.39, 0.29) is 17.1 Å². The van der Waals surface area contributed by atoms with Crippen molar-refractivity contribution in [2.45, 2.75) is 0 Å². The molecule has 0 saturated heterocycles. The highest BCUT2D eigenvalue weighted by molar-refractivity contribution is 14.1. The van der Waals surface area contributed by atoms with Crippen molar-refractivity contribution in [2.75, 3.05) is 26.3 Å². The fourth-order valence-corrected chi connectivity index (χ4v) is 1.01. The summed E-state index contributed by atoms with van der Waals surface area (Å²) < 4.78 is -0.152. The number of nitrogens with zero attached hydrogens (tertiary/aromatic N) is 1. The highest BCUT2D eigenvalue weighted by atomic mass is 127. The molecule has 0 fully saturated rings. The predicted octanol–water partition coefficient (Wildman–Crippen LogP) is -0.172. The van der Waals surface area contributed by atoms with E-state index in [9.17, 15) is 4.79 Å². The number of hydrogen-bond donors (Lipinski definition) is 2. The maximum absolute atomic E-state index is 10.6. The van der Waals surface area contributed by atoms with Crippen LogP contribution in [0.1, 0.15) is 0 Å². The second-order valence-electron chi connectivity index (χ2n) is 1.69. The van der Waals surface area contributed by atoms with Crippen LogP contribution in [0.5, 0.6) is 0 Å². The van der Waals surface area contributed by atoms with Crippen LogP contribution in [0.4, 0.5) is 4.79 Å². The first-order valence-electron chi connectivity index (χ1n) is 2.88. The van der Waals surface area contributed by atoms with Crippen LogP contribution in [0, 0.1) is 0 Å². The van der Waals surface area contributed by atoms with E-state index in [1.54, 1.807) is 22.6 Å². The van der Waals surface area contributed by atoms with Crippen molar-refractivity contribution in [3.8, 4) is 0 Å². The number of aliphatic hydroxyl groups is 2. The Hall–Kier alpha value is 0.120. The number of carbonyl (C=O) groups is 1. The zero-order chi connectivity index (χ0) is 7.98. The molecule has 0 radical (unpaired) electrons. The zero-order valence-corrected chi connectivity index (χ0v) is 7.61. The molecular weight excluding hydrogens is 249 g/mol. The molecular formula is C5H10INO3. The fourth-order valence-electron chi connectivity index (χ4n) is 0.529. The summed E-state index contributed by atoms with van der Waals surface area (Å²) in [5, 5.41) is 16.9. The monoisotopic (exact) mass is 259 g/mol. The lowest BCUT2D eigenvalue weighted by molar-refractivity contribution is 0.177. The molecule has 10 heavy (non-hydrogen) atoms. The number of amides is 1. The molecule has 0 aromatic rings. The SMILES string of the molecule is O=C(I)N(CCO)CCO. The van der Waals surface area contributed by atoms with Crippen LogP contribution in [0.2, 0.25) is 0 Å². The van der Waals surface area contributed by atoms with Crippen molar-refractivity contribution in [2.24, 2.45) is 0 Å². The molecule has 0 aromatic carbocycles. The summed E-state index contributed by atoms with van der Waals surface area (Å²) in [4.78, 5) is 12.0. The fraction of sp³-hybridized carbons (Fsp3) is 0.800. The molecule has 0 aliphatic heterocycles. The number of halogens is 1. The van der Waals surface area contributed by atoms with Crippen molar-refractivity contribution < 1.29 is 15.0 Å². The lowest BCUT2D eigenvalue weighted by atomic mass is 10.5. The first kappa shape index (κ1) is 10.1. The Labute approximate surface area is 73.0 Å². The molecule has 4 nitrogen and oxygen atoms in total. The smallest absolute Gasteiger partial charge is 0.283 e. The van der Waals surface area contributed by atoms with Crippen LogP contribution < -0.4 is 0 Å². The molecule has 1 amide bonds. The van der Waals surface area contributed by atoms with E-state index in [1.165, 1.54) is 4.90 Å². The van der Waals surface area contributed by atoms with Crippen molar-refractivity contribution in [1.82, 2.24) is 4.90 Å². The van der Waals surface area contributed by atoms with Crippen LogP contribution in [0.15, 0.2) is 0 Å². The van der Waals surface area contributed by atoms with Crippen LogP contribution in [-0.2, 0) is 0 Å². The minimum Gasteiger partial charge on any atom is -0.395 e. The summed E-state index contributed by atoms with van der Waals surface area (Å²) in [5.41, 5.74) is 0. The Kier molecular flexibility index (Phi) is 5.94. The average Bonchev–Trinajstić information content (AvgIpc) is 1.87. The molecule has 60 valence electrons. The number of hydrogen-bond acceptors (Lipinski definition) is 3. The summed E-state index contributed by atoms with van der Waals surface area (Å²) >= 11 is 1.62. The molecule has 0 aliphatic rings. The van der Waals surface area contributed by atoms with Gasteiger partial charge in [0.2, 0.25) is 0 Å². The van der Waals surface area contributed by atoms with Gasteiger partial charge in [-0.3, -0.25) is 4.79 Å². The minimum absolute atomic E-state index is 0.0608. The molecule has 2 N–H and O–H groups in total. The van der Waals surface area contributed by atoms with E-state index in [0.717, 1.165) is 0 Å². The highest BCUT2D eigenvalue weighted by Gasteiger charge is 2.06. The second-order valence-corrected chi connectivity index (χ2v) is 2.61. The Bertz CT molecular complexity index is 103. The van der Waals surface area contributed by atoms with Gasteiger partial charge >= 0.3 is 0 Å². The first-order chi connectivity index (χ1) is 4.72. The molecule has 5 heteroatoms. The van der Waals surface area contributed by atoms with E-state index in [4.69, 9.17) is 10.2 Å². The maximum atomic E-state index is 10.6. The Morgan fingerprint density at radius 3 is 1.90 bits per heavy atom. The average molecular weight is 259 g/mol. The molecule has 0 unspecified atom stereocenters. The summed E-state index contributed by atoms with van der Waals surface area (Å²) in [6.07, 6.45) is 0. The van der Waals surface area contributed by atoms with Gasteiger partial charge in [0, 0.05) is 35.7 Å². The first-order valence-corrected chi connectivity index (χ1v) is 3.96. The third kappa shape index (κ3) is 4.02. The van der Waals surface area contributed by atoms with Gasteiger partial charge in [-0.1, -0.05) is 0 Å². The Morgan fingerprint density at radius 1 is 1.30 bits per heavy atom. The highest BCUT2D eigenvalue weighted by Crippen LogP contribution is 1.97. The summed E-state index contributed by atoms with van der Waals surface area (Å²) in [5.74, 6) is 0. The quantitative estimate of drug-likeness (QED) is 0.418. The minimum atomic E-state index is -0.152.